The molecule has 18 nitrogen and oxygen atoms in total. The first-order valence-corrected chi connectivity index (χ1v) is 54.5. The second kappa shape index (κ2) is 121. The van der Waals surface area contributed by atoms with E-state index in [2.05, 4.69) is 166 Å². The average molecular weight is 1870 g/mol. The van der Waals surface area contributed by atoms with Crippen molar-refractivity contribution in [2.24, 2.45) is 81.8 Å². The van der Waals surface area contributed by atoms with Crippen LogP contribution in [0.15, 0.2) is 0 Å². The Morgan fingerprint density at radius 2 is 0.260 bits per heavy atom. The zero-order valence-corrected chi connectivity index (χ0v) is 94.9. The molecule has 0 fully saturated rings. The molecular weight excluding hydrogens is 1640 g/mol. The Hall–Kier alpha value is 1.31. The third kappa shape index (κ3) is 112. The summed E-state index contributed by atoms with van der Waals surface area (Å²) in [6.07, 6.45) is 63.4. The van der Waals surface area contributed by atoms with Crippen LogP contribution >= 0.6 is 0 Å². The molecule has 21 heteroatoms. The number of unbranched alkanes of at least 4 members (excludes halogenated alkanes) is 12. The van der Waals surface area contributed by atoms with Gasteiger partial charge in [-0.25, -0.2) is 0 Å². The molecule has 768 valence electrons. The Morgan fingerprint density at radius 1 is 0.189 bits per heavy atom. The molecule has 0 saturated heterocycles. The first-order chi connectivity index (χ1) is 60.2. The fraction of sp³-hybridized carbons (Fsp3) is 1.00. The van der Waals surface area contributed by atoms with Crippen LogP contribution in [0.5, 0.6) is 0 Å². The predicted molar refractivity (Wildman–Crippen MR) is 537 cm³/mol. The molecule has 0 aliphatic heterocycles. The zero-order chi connectivity index (χ0) is 96.8. The van der Waals surface area contributed by atoms with Crippen LogP contribution < -0.4 is 59.1 Å². The Balaban J connectivity index is -0.000000134. The van der Waals surface area contributed by atoms with E-state index >= 15 is 0 Å². The first kappa shape index (κ1) is 151. The van der Waals surface area contributed by atoms with E-state index in [0.29, 0.717) is 0 Å². The summed E-state index contributed by atoms with van der Waals surface area (Å²) in [6.45, 7) is 63.3. The van der Waals surface area contributed by atoms with Gasteiger partial charge in [0.1, 0.15) is 0 Å². The van der Waals surface area contributed by atoms with Crippen molar-refractivity contribution in [2.45, 2.75) is 474 Å². The zero-order valence-electron chi connectivity index (χ0n) is 90.1. The van der Waals surface area contributed by atoms with E-state index in [4.69, 9.17) is 86.8 Å². The SMILES string of the molecule is CCCCC(CC)COCC(CC)CCCC.CCCCC(CC)COCC(CC)CCCC.CCCCC(CC)COCC(CC)CCCC.CCCCC(CC)COCC(CC)CCCC.CCCCC(CC)COCC(CC)CCCC.CCCCC(CC)COCC(CC)CCCC.O=S(=O)([O-])[O-].OCC(CO)(CO)CO.OCC(CO)(CO)CO.[Na+].[Na+]. The van der Waals surface area contributed by atoms with Crippen molar-refractivity contribution in [1.29, 1.82) is 0 Å². The van der Waals surface area contributed by atoms with E-state index in [0.717, 1.165) is 150 Å². The van der Waals surface area contributed by atoms with Gasteiger partial charge >= 0.3 is 59.1 Å². The number of hydrogen-bond acceptors (Lipinski definition) is 18. The molecule has 8 N–H and O–H groups in total. The van der Waals surface area contributed by atoms with Crippen LogP contribution in [0.1, 0.15) is 474 Å². The molecule has 0 rings (SSSR count). The van der Waals surface area contributed by atoms with Crippen molar-refractivity contribution < 1.29 is 146 Å². The minimum Gasteiger partial charge on any atom is -0.759 e. The molecular formula is C106H228Na2O18S. The normalized spacial score (nSPS) is 14.1. The van der Waals surface area contributed by atoms with Crippen LogP contribution in [0.25, 0.3) is 0 Å². The molecule has 12 unspecified atom stereocenters. The van der Waals surface area contributed by atoms with Crippen molar-refractivity contribution in [3.05, 3.63) is 0 Å². The Bertz CT molecular complexity index is 1580. The van der Waals surface area contributed by atoms with Gasteiger partial charge in [-0.15, -0.1) is 0 Å². The standard InChI is InChI=1S/6C16H34O.2C5H12O4.2Na.H2O4S/c6*1-5-9-11-15(7-3)13-17-14-16(8-4)12-10-6-2;2*6-1-5(2-7,3-8)4-9;;;1-5(2,3)4/h6*15-16H,5-14H2,1-4H3;2*6-9H,1-4H2;;;(H2,1,2,3,4)/q;;;;;;;;2*+1;/p-2. The Labute approximate surface area is 838 Å². The quantitative estimate of drug-likeness (QED) is 0.0159. The number of rotatable bonds is 80. The van der Waals surface area contributed by atoms with E-state index in [1.165, 1.54) is 308 Å². The van der Waals surface area contributed by atoms with Gasteiger partial charge in [-0.2, -0.15) is 0 Å². The maximum absolute atomic E-state index is 8.52. The third-order valence-electron chi connectivity index (χ3n) is 25.4. The summed E-state index contributed by atoms with van der Waals surface area (Å²) in [5.41, 5.74) is -2.22. The maximum atomic E-state index is 8.52. The van der Waals surface area contributed by atoms with Crippen molar-refractivity contribution >= 4 is 10.4 Å². The summed E-state index contributed by atoms with van der Waals surface area (Å²) in [4.78, 5) is 0. The summed E-state index contributed by atoms with van der Waals surface area (Å²) < 4.78 is 69.7. The maximum Gasteiger partial charge on any atom is 1.00 e. The fourth-order valence-electron chi connectivity index (χ4n) is 13.8. The molecule has 0 radical (unpaired) electrons. The van der Waals surface area contributed by atoms with E-state index in [9.17, 15) is 0 Å². The van der Waals surface area contributed by atoms with E-state index in [1.807, 2.05) is 0 Å². The van der Waals surface area contributed by atoms with Crippen LogP contribution in [0.2, 0.25) is 0 Å². The van der Waals surface area contributed by atoms with E-state index < -0.39 is 74.1 Å². The van der Waals surface area contributed by atoms with Gasteiger partial charge in [-0.1, -0.05) is 397 Å². The molecule has 0 aromatic carbocycles. The van der Waals surface area contributed by atoms with Gasteiger partial charge in [0.05, 0.1) is 63.7 Å². The summed E-state index contributed by atoms with van der Waals surface area (Å²) in [5.74, 6) is 9.48. The molecule has 0 saturated carbocycles. The van der Waals surface area contributed by atoms with Gasteiger partial charge in [-0.3, -0.25) is 8.42 Å². The molecule has 0 aliphatic carbocycles. The largest absolute Gasteiger partial charge is 1.00 e. The van der Waals surface area contributed by atoms with Gasteiger partial charge in [0.2, 0.25) is 0 Å². The molecule has 0 aliphatic rings. The van der Waals surface area contributed by atoms with Gasteiger partial charge < -0.3 is 78.4 Å². The number of hydrogen-bond donors (Lipinski definition) is 8. The molecule has 0 aromatic rings. The van der Waals surface area contributed by atoms with E-state index in [1.54, 1.807) is 0 Å². The number of aliphatic hydroxyl groups is 8. The number of ether oxygens (including phenoxy) is 6. The molecule has 0 amide bonds. The monoisotopic (exact) mass is 1870 g/mol. The van der Waals surface area contributed by atoms with Crippen LogP contribution in [0.3, 0.4) is 0 Å². The Morgan fingerprint density at radius 3 is 0.299 bits per heavy atom. The first-order valence-electron chi connectivity index (χ1n) is 53.2. The second-order valence-corrected chi connectivity index (χ2v) is 37.7. The molecule has 127 heavy (non-hydrogen) atoms. The van der Waals surface area contributed by atoms with Crippen LogP contribution in [-0.2, 0) is 38.8 Å². The molecule has 0 aromatic heterocycles. The van der Waals surface area contributed by atoms with Gasteiger partial charge in [0.15, 0.2) is 0 Å². The topological polar surface area (TPSA) is 297 Å². The minimum atomic E-state index is -5.17. The molecule has 0 heterocycles. The smallest absolute Gasteiger partial charge is 0.759 e. The Kier molecular flexibility index (Phi) is 145. The summed E-state index contributed by atoms with van der Waals surface area (Å²) in [6, 6.07) is 0. The molecule has 0 spiro atoms. The van der Waals surface area contributed by atoms with Crippen LogP contribution in [0.4, 0.5) is 0 Å². The van der Waals surface area contributed by atoms with Crippen molar-refractivity contribution in [3.8, 4) is 0 Å². The summed E-state index contributed by atoms with van der Waals surface area (Å²) >= 11 is 0. The fourth-order valence-corrected chi connectivity index (χ4v) is 13.8. The van der Waals surface area contributed by atoms with Crippen molar-refractivity contribution in [2.75, 3.05) is 132 Å². The van der Waals surface area contributed by atoms with Crippen molar-refractivity contribution in [3.63, 3.8) is 0 Å². The van der Waals surface area contributed by atoms with Gasteiger partial charge in [0, 0.05) is 89.7 Å². The van der Waals surface area contributed by atoms with Gasteiger partial charge in [-0.05, 0) is 148 Å². The summed E-state index contributed by atoms with van der Waals surface area (Å²) in [7, 11) is -5.17. The van der Waals surface area contributed by atoms with E-state index in [-0.39, 0.29) is 59.1 Å². The minimum absolute atomic E-state index is 0. The van der Waals surface area contributed by atoms with Crippen molar-refractivity contribution in [1.82, 2.24) is 0 Å². The predicted octanol–water partition coefficient (Wildman–Crippen LogP) is 21.2. The average Bonchev–Trinajstić information content (AvgIpc) is 0.916. The molecule has 0 bridgehead atoms. The van der Waals surface area contributed by atoms with Crippen LogP contribution in [-0.4, -0.2) is 191 Å². The van der Waals surface area contributed by atoms with Crippen LogP contribution in [0, 0.1) is 81.8 Å². The third-order valence-corrected chi connectivity index (χ3v) is 25.4. The number of aliphatic hydroxyl groups excluding tert-OH is 8. The second-order valence-electron chi connectivity index (χ2n) is 36.9. The van der Waals surface area contributed by atoms with Gasteiger partial charge in [0.25, 0.3) is 0 Å². The molecule has 12 atom stereocenters. The summed E-state index contributed by atoms with van der Waals surface area (Å²) in [5, 5.41) is 68.0.